The average Bonchev–Trinajstić information content (AvgIpc) is 2.45. The Kier molecular flexibility index (Phi) is 2.85. The molecule has 1 fully saturated rings. The first-order chi connectivity index (χ1) is 7.05. The molecule has 1 amide bonds. The van der Waals surface area contributed by atoms with Crippen molar-refractivity contribution in [3.8, 4) is 0 Å². The van der Waals surface area contributed by atoms with Gasteiger partial charge in [0.25, 0.3) is 0 Å². The normalized spacial score (nSPS) is 31.0. The minimum Gasteiger partial charge on any atom is -0.325 e. The van der Waals surface area contributed by atoms with E-state index in [9.17, 15) is 4.79 Å². The van der Waals surface area contributed by atoms with Crippen molar-refractivity contribution < 1.29 is 4.79 Å². The van der Waals surface area contributed by atoms with Crippen molar-refractivity contribution in [1.82, 2.24) is 9.88 Å². The van der Waals surface area contributed by atoms with Crippen LogP contribution in [0.15, 0.2) is 24.5 Å². The summed E-state index contributed by atoms with van der Waals surface area (Å²) >= 11 is 7.01. The van der Waals surface area contributed by atoms with Gasteiger partial charge in [-0.2, -0.15) is 0 Å². The third kappa shape index (κ3) is 1.72. The van der Waals surface area contributed by atoms with Crippen LogP contribution in [0.4, 0.5) is 0 Å². The van der Waals surface area contributed by atoms with Gasteiger partial charge in [-0.05, 0) is 6.07 Å². The van der Waals surface area contributed by atoms with E-state index >= 15 is 0 Å². The monoisotopic (exact) mass is 332 g/mol. The van der Waals surface area contributed by atoms with E-state index in [1.165, 1.54) is 0 Å². The number of amides is 1. The van der Waals surface area contributed by atoms with Gasteiger partial charge in [-0.1, -0.05) is 37.9 Å². The lowest BCUT2D eigenvalue weighted by Gasteiger charge is -2.29. The van der Waals surface area contributed by atoms with Gasteiger partial charge in [0.1, 0.15) is 4.45 Å². The van der Waals surface area contributed by atoms with E-state index in [2.05, 4.69) is 36.8 Å². The molecule has 0 unspecified atom stereocenters. The van der Waals surface area contributed by atoms with E-state index in [1.807, 2.05) is 12.1 Å². The quantitative estimate of drug-likeness (QED) is 0.583. The second-order valence-corrected chi connectivity index (χ2v) is 5.99. The highest BCUT2D eigenvalue weighted by atomic mass is 79.9. The van der Waals surface area contributed by atoms with Gasteiger partial charge >= 0.3 is 0 Å². The van der Waals surface area contributed by atoms with Crippen molar-refractivity contribution in [2.75, 3.05) is 7.05 Å². The first-order valence-electron chi connectivity index (χ1n) is 4.57. The lowest BCUT2D eigenvalue weighted by molar-refractivity contribution is -0.127. The highest BCUT2D eigenvalue weighted by Crippen LogP contribution is 2.45. The number of halogens is 2. The lowest BCUT2D eigenvalue weighted by Crippen LogP contribution is -2.35. The van der Waals surface area contributed by atoms with Gasteiger partial charge in [0, 0.05) is 31.4 Å². The summed E-state index contributed by atoms with van der Waals surface area (Å²) in [7, 11) is 1.80. The topological polar surface area (TPSA) is 33.2 Å². The molecule has 80 valence electrons. The molecular formula is C10H10Br2N2O. The Bertz CT molecular complexity index is 384. The number of aromatic nitrogens is 1. The smallest absolute Gasteiger partial charge is 0.237 e. The number of alkyl halides is 2. The van der Waals surface area contributed by atoms with Crippen molar-refractivity contribution in [2.24, 2.45) is 0 Å². The van der Waals surface area contributed by atoms with Gasteiger partial charge in [0.05, 0.1) is 4.83 Å². The minimum atomic E-state index is -0.424. The molecule has 2 atom stereocenters. The number of rotatable bonds is 1. The number of hydrogen-bond acceptors (Lipinski definition) is 2. The summed E-state index contributed by atoms with van der Waals surface area (Å²) in [6, 6.07) is 3.84. The molecule has 0 radical (unpaired) electrons. The van der Waals surface area contributed by atoms with Crippen LogP contribution >= 0.6 is 31.9 Å². The van der Waals surface area contributed by atoms with Crippen LogP contribution in [0.3, 0.4) is 0 Å². The summed E-state index contributed by atoms with van der Waals surface area (Å²) in [6.45, 7) is 0. The molecule has 0 saturated carbocycles. The molecular weight excluding hydrogens is 324 g/mol. The average molecular weight is 334 g/mol. The number of nitrogens with zero attached hydrogens (tertiary/aromatic N) is 2. The lowest BCUT2D eigenvalue weighted by atomic mass is 10.1. The third-order valence-electron chi connectivity index (χ3n) is 2.68. The van der Waals surface area contributed by atoms with E-state index in [0.717, 1.165) is 5.56 Å². The van der Waals surface area contributed by atoms with Crippen LogP contribution < -0.4 is 0 Å². The van der Waals surface area contributed by atoms with Crippen molar-refractivity contribution in [3.63, 3.8) is 0 Å². The molecule has 5 heteroatoms. The van der Waals surface area contributed by atoms with Crippen molar-refractivity contribution in [2.45, 2.75) is 15.7 Å². The van der Waals surface area contributed by atoms with E-state index in [-0.39, 0.29) is 10.7 Å². The van der Waals surface area contributed by atoms with E-state index in [4.69, 9.17) is 0 Å². The summed E-state index contributed by atoms with van der Waals surface area (Å²) in [5.41, 5.74) is 1.00. The Morgan fingerprint density at radius 2 is 2.40 bits per heavy atom. The van der Waals surface area contributed by atoms with Crippen LogP contribution in [-0.2, 0) is 9.24 Å². The van der Waals surface area contributed by atoms with Crippen LogP contribution in [0.5, 0.6) is 0 Å². The van der Waals surface area contributed by atoms with Crippen molar-refractivity contribution in [1.29, 1.82) is 0 Å². The fourth-order valence-electron chi connectivity index (χ4n) is 1.75. The number of pyridine rings is 1. The highest BCUT2D eigenvalue weighted by molar-refractivity contribution is 9.10. The van der Waals surface area contributed by atoms with Gasteiger partial charge in [-0.25, -0.2) is 0 Å². The third-order valence-corrected chi connectivity index (χ3v) is 4.71. The van der Waals surface area contributed by atoms with Gasteiger partial charge in [0.2, 0.25) is 5.91 Å². The number of likely N-dealkylation sites (tertiary alicyclic amines) is 1. The molecule has 0 aromatic carbocycles. The zero-order chi connectivity index (χ0) is 11.1. The molecule has 0 bridgehead atoms. The summed E-state index contributed by atoms with van der Waals surface area (Å²) in [4.78, 5) is 17.4. The molecule has 1 aliphatic rings. The fraction of sp³-hybridized carbons (Fsp3) is 0.400. The van der Waals surface area contributed by atoms with Crippen LogP contribution in [0, 0.1) is 0 Å². The van der Waals surface area contributed by atoms with Crippen LogP contribution in [0.25, 0.3) is 0 Å². The molecule has 1 aliphatic heterocycles. The zero-order valence-corrected chi connectivity index (χ0v) is 11.3. The molecule has 0 N–H and O–H groups in total. The van der Waals surface area contributed by atoms with Gasteiger partial charge in [-0.15, -0.1) is 0 Å². The molecule has 1 saturated heterocycles. The number of hydrogen-bond donors (Lipinski definition) is 0. The molecule has 2 heterocycles. The maximum absolute atomic E-state index is 11.7. The second kappa shape index (κ2) is 3.87. The highest BCUT2D eigenvalue weighted by Gasteiger charge is 2.47. The van der Waals surface area contributed by atoms with Crippen LogP contribution in [0.1, 0.15) is 12.0 Å². The van der Waals surface area contributed by atoms with Crippen molar-refractivity contribution in [3.05, 3.63) is 30.1 Å². The predicted molar refractivity (Wildman–Crippen MR) is 64.9 cm³/mol. The molecule has 15 heavy (non-hydrogen) atoms. The molecule has 1 aromatic heterocycles. The second-order valence-electron chi connectivity index (χ2n) is 3.57. The Labute approximate surface area is 105 Å². The standard InChI is InChI=1S/C10H10Br2N2O/c1-14-9(15)8(11)5-10(14,12)7-3-2-4-13-6-7/h2-4,6,8H,5H2,1H3/t8-,10+/m1/s1. The van der Waals surface area contributed by atoms with Crippen molar-refractivity contribution >= 4 is 37.8 Å². The van der Waals surface area contributed by atoms with Crippen LogP contribution in [-0.4, -0.2) is 27.7 Å². The fourth-order valence-corrected chi connectivity index (χ4v) is 3.69. The first kappa shape index (κ1) is 11.1. The number of carbonyl (C=O) groups is 1. The SMILES string of the molecule is CN1C(=O)[C@H](Br)C[C@@]1(Br)c1cccnc1. The summed E-state index contributed by atoms with van der Waals surface area (Å²) in [5, 5.41) is 0. The molecule has 2 rings (SSSR count). The Morgan fingerprint density at radius 3 is 2.87 bits per heavy atom. The number of carbonyl (C=O) groups excluding carboxylic acids is 1. The van der Waals surface area contributed by atoms with E-state index in [0.29, 0.717) is 6.42 Å². The summed E-state index contributed by atoms with van der Waals surface area (Å²) in [6.07, 6.45) is 4.21. The van der Waals surface area contributed by atoms with Crippen LogP contribution in [0.2, 0.25) is 0 Å². The molecule has 0 spiro atoms. The largest absolute Gasteiger partial charge is 0.325 e. The van der Waals surface area contributed by atoms with Gasteiger partial charge < -0.3 is 4.90 Å². The zero-order valence-electron chi connectivity index (χ0n) is 8.15. The molecule has 3 nitrogen and oxygen atoms in total. The summed E-state index contributed by atoms with van der Waals surface area (Å²) < 4.78 is -0.424. The Hall–Kier alpha value is -0.420. The molecule has 1 aromatic rings. The Morgan fingerprint density at radius 1 is 1.67 bits per heavy atom. The maximum Gasteiger partial charge on any atom is 0.237 e. The first-order valence-corrected chi connectivity index (χ1v) is 6.28. The maximum atomic E-state index is 11.7. The molecule has 0 aliphatic carbocycles. The summed E-state index contributed by atoms with van der Waals surface area (Å²) in [5.74, 6) is 0.0933. The van der Waals surface area contributed by atoms with E-state index in [1.54, 1.807) is 24.3 Å². The van der Waals surface area contributed by atoms with Gasteiger partial charge in [-0.3, -0.25) is 9.78 Å². The predicted octanol–water partition coefficient (Wildman–Crippen LogP) is 2.25. The minimum absolute atomic E-state index is 0.0933. The van der Waals surface area contributed by atoms with Gasteiger partial charge in [0.15, 0.2) is 0 Å². The Balaban J connectivity index is 2.40. The van der Waals surface area contributed by atoms with E-state index < -0.39 is 4.45 Å².